The maximum absolute atomic E-state index is 13.0. The molecule has 0 bridgehead atoms. The molecule has 2 heterocycles. The van der Waals surface area contributed by atoms with E-state index in [1.165, 1.54) is 38.5 Å². The van der Waals surface area contributed by atoms with Crippen molar-refractivity contribution < 1.29 is 4.79 Å². The molecule has 1 aliphatic heterocycles. The van der Waals surface area contributed by atoms with Crippen LogP contribution in [0.2, 0.25) is 0 Å². The maximum Gasteiger partial charge on any atom is 0.257 e. The molecule has 1 aromatic heterocycles. The number of carbonyl (C=O) groups excluding carboxylic acids is 1. The molecule has 1 aromatic rings. The summed E-state index contributed by atoms with van der Waals surface area (Å²) in [6.07, 6.45) is 12.5. The Kier molecular flexibility index (Phi) is 4.84. The van der Waals surface area contributed by atoms with Crippen LogP contribution in [0.15, 0.2) is 12.4 Å². The fraction of sp³-hybridized carbons (Fsp3) is 0.778. The first-order chi connectivity index (χ1) is 10.6. The zero-order chi connectivity index (χ0) is 15.5. The van der Waals surface area contributed by atoms with Crippen LogP contribution in [0, 0.1) is 11.8 Å². The van der Waals surface area contributed by atoms with Crippen molar-refractivity contribution in [2.24, 2.45) is 11.8 Å². The molecule has 1 amide bonds. The predicted molar refractivity (Wildman–Crippen MR) is 87.7 cm³/mol. The van der Waals surface area contributed by atoms with Crippen LogP contribution in [-0.4, -0.2) is 33.2 Å². The van der Waals surface area contributed by atoms with Gasteiger partial charge in [0.1, 0.15) is 0 Å². The van der Waals surface area contributed by atoms with Gasteiger partial charge >= 0.3 is 0 Å². The molecule has 3 rings (SSSR count). The summed E-state index contributed by atoms with van der Waals surface area (Å²) in [4.78, 5) is 15.2. The molecule has 0 unspecified atom stereocenters. The van der Waals surface area contributed by atoms with Crippen LogP contribution in [0.5, 0.6) is 0 Å². The van der Waals surface area contributed by atoms with E-state index in [0.717, 1.165) is 31.0 Å². The molecule has 4 heteroatoms. The molecule has 2 aliphatic rings. The molecule has 2 fully saturated rings. The monoisotopic (exact) mass is 303 g/mol. The highest BCUT2D eigenvalue weighted by Crippen LogP contribution is 2.35. The van der Waals surface area contributed by atoms with Crippen LogP contribution in [0.1, 0.15) is 69.2 Å². The van der Waals surface area contributed by atoms with E-state index in [2.05, 4.69) is 23.8 Å². The van der Waals surface area contributed by atoms with Crippen molar-refractivity contribution in [2.45, 2.75) is 71.4 Å². The highest BCUT2D eigenvalue weighted by Gasteiger charge is 2.34. The Balaban J connectivity index is 1.75. The van der Waals surface area contributed by atoms with Gasteiger partial charge in [-0.1, -0.05) is 33.1 Å². The number of rotatable bonds is 3. The number of aromatic nitrogens is 2. The second kappa shape index (κ2) is 6.84. The minimum atomic E-state index is 0.203. The van der Waals surface area contributed by atoms with E-state index < -0.39 is 0 Å². The third kappa shape index (κ3) is 3.36. The Bertz CT molecular complexity index is 508. The highest BCUT2D eigenvalue weighted by molar-refractivity contribution is 5.94. The summed E-state index contributed by atoms with van der Waals surface area (Å²) >= 11 is 0. The highest BCUT2D eigenvalue weighted by atomic mass is 16.2. The van der Waals surface area contributed by atoms with Crippen molar-refractivity contribution in [1.82, 2.24) is 14.7 Å². The first-order valence-corrected chi connectivity index (χ1v) is 8.98. The molecule has 122 valence electrons. The number of hydrogen-bond donors (Lipinski definition) is 0. The van der Waals surface area contributed by atoms with Gasteiger partial charge in [0.25, 0.3) is 5.91 Å². The minimum absolute atomic E-state index is 0.203. The van der Waals surface area contributed by atoms with Gasteiger partial charge in [-0.15, -0.1) is 0 Å². The van der Waals surface area contributed by atoms with E-state index in [-0.39, 0.29) is 5.91 Å². The Morgan fingerprint density at radius 2 is 1.95 bits per heavy atom. The molecule has 4 nitrogen and oxygen atoms in total. The zero-order valence-electron chi connectivity index (χ0n) is 14.0. The number of hydrogen-bond acceptors (Lipinski definition) is 2. The second-order valence-electron chi connectivity index (χ2n) is 7.45. The largest absolute Gasteiger partial charge is 0.335 e. The minimum Gasteiger partial charge on any atom is -0.335 e. The maximum atomic E-state index is 13.0. The van der Waals surface area contributed by atoms with Gasteiger partial charge < -0.3 is 4.90 Å². The molecular weight excluding hydrogens is 274 g/mol. The van der Waals surface area contributed by atoms with E-state index in [4.69, 9.17) is 0 Å². The normalized spacial score (nSPS) is 25.9. The van der Waals surface area contributed by atoms with E-state index in [0.29, 0.717) is 12.0 Å². The molecule has 0 spiro atoms. The van der Waals surface area contributed by atoms with Crippen LogP contribution in [-0.2, 0) is 6.54 Å². The van der Waals surface area contributed by atoms with Gasteiger partial charge in [-0.3, -0.25) is 9.48 Å². The van der Waals surface area contributed by atoms with Crippen LogP contribution in [0.4, 0.5) is 0 Å². The average molecular weight is 303 g/mol. The number of fused-ring (bicyclic) bond motifs is 1. The lowest BCUT2D eigenvalue weighted by molar-refractivity contribution is 0.0569. The summed E-state index contributed by atoms with van der Waals surface area (Å²) < 4.78 is 1.91. The molecule has 1 aliphatic carbocycles. The predicted octanol–water partition coefficient (Wildman–Crippen LogP) is 3.72. The SMILES string of the molecule is CC(C)Cn1cc(C(=O)N2CCCC[C@H]3CCCC[C@H]32)cn1. The van der Waals surface area contributed by atoms with Crippen LogP contribution in [0.3, 0.4) is 0 Å². The summed E-state index contributed by atoms with van der Waals surface area (Å²) in [6, 6.07) is 0.470. The zero-order valence-corrected chi connectivity index (χ0v) is 14.0. The summed E-state index contributed by atoms with van der Waals surface area (Å²) in [5.41, 5.74) is 0.770. The van der Waals surface area contributed by atoms with Crippen molar-refractivity contribution in [3.8, 4) is 0 Å². The van der Waals surface area contributed by atoms with Crippen molar-refractivity contribution in [1.29, 1.82) is 0 Å². The summed E-state index contributed by atoms with van der Waals surface area (Å²) in [5, 5.41) is 4.37. The Hall–Kier alpha value is -1.32. The second-order valence-corrected chi connectivity index (χ2v) is 7.45. The Morgan fingerprint density at radius 1 is 1.23 bits per heavy atom. The number of carbonyl (C=O) groups is 1. The van der Waals surface area contributed by atoms with E-state index >= 15 is 0 Å². The topological polar surface area (TPSA) is 38.1 Å². The molecule has 0 N–H and O–H groups in total. The van der Waals surface area contributed by atoms with Gasteiger partial charge in [0.2, 0.25) is 0 Å². The van der Waals surface area contributed by atoms with Crippen LogP contribution in [0.25, 0.3) is 0 Å². The molecule has 22 heavy (non-hydrogen) atoms. The lowest BCUT2D eigenvalue weighted by atomic mass is 9.81. The fourth-order valence-electron chi connectivity index (χ4n) is 4.16. The van der Waals surface area contributed by atoms with Gasteiger partial charge in [0, 0.05) is 25.3 Å². The average Bonchev–Trinajstić information content (AvgIpc) is 2.84. The van der Waals surface area contributed by atoms with E-state index in [9.17, 15) is 4.79 Å². The summed E-state index contributed by atoms with van der Waals surface area (Å²) in [7, 11) is 0. The smallest absolute Gasteiger partial charge is 0.257 e. The first-order valence-electron chi connectivity index (χ1n) is 8.98. The number of amides is 1. The lowest BCUT2D eigenvalue weighted by Gasteiger charge is -2.38. The molecule has 0 radical (unpaired) electrons. The number of nitrogens with zero attached hydrogens (tertiary/aromatic N) is 3. The van der Waals surface area contributed by atoms with Crippen molar-refractivity contribution in [3.05, 3.63) is 18.0 Å². The molecule has 1 saturated heterocycles. The quantitative estimate of drug-likeness (QED) is 0.853. The lowest BCUT2D eigenvalue weighted by Crippen LogP contribution is -2.45. The van der Waals surface area contributed by atoms with Gasteiger partial charge in [-0.25, -0.2) is 0 Å². The van der Waals surface area contributed by atoms with Crippen LogP contribution < -0.4 is 0 Å². The summed E-state index contributed by atoms with van der Waals surface area (Å²) in [6.45, 7) is 6.14. The first kappa shape index (κ1) is 15.6. The number of likely N-dealkylation sites (tertiary alicyclic amines) is 1. The van der Waals surface area contributed by atoms with Gasteiger partial charge in [0.05, 0.1) is 11.8 Å². The molecule has 1 saturated carbocycles. The summed E-state index contributed by atoms with van der Waals surface area (Å²) in [5.74, 6) is 1.48. The van der Waals surface area contributed by atoms with Crippen molar-refractivity contribution in [2.75, 3.05) is 6.54 Å². The fourth-order valence-corrected chi connectivity index (χ4v) is 4.16. The standard InChI is InChI=1S/C18H29N3O/c1-14(2)12-20-13-16(11-19-20)18(22)21-10-6-5-8-15-7-3-4-9-17(15)21/h11,13-15,17H,3-10,12H2,1-2H3/t15-,17-/m1/s1. The Morgan fingerprint density at radius 3 is 2.73 bits per heavy atom. The molecule has 2 atom stereocenters. The van der Waals surface area contributed by atoms with E-state index in [1.807, 2.05) is 10.9 Å². The third-order valence-corrected chi connectivity index (χ3v) is 5.19. The van der Waals surface area contributed by atoms with Gasteiger partial charge in [0.15, 0.2) is 0 Å². The molecule has 0 aromatic carbocycles. The van der Waals surface area contributed by atoms with E-state index in [1.54, 1.807) is 6.20 Å². The molecular formula is C18H29N3O. The van der Waals surface area contributed by atoms with Gasteiger partial charge in [-0.05, 0) is 37.5 Å². The Labute approximate surface area is 133 Å². The van der Waals surface area contributed by atoms with Gasteiger partial charge in [-0.2, -0.15) is 5.10 Å². The van der Waals surface area contributed by atoms with Crippen molar-refractivity contribution >= 4 is 5.91 Å². The third-order valence-electron chi connectivity index (χ3n) is 5.19. The van der Waals surface area contributed by atoms with Crippen molar-refractivity contribution in [3.63, 3.8) is 0 Å². The van der Waals surface area contributed by atoms with Crippen LogP contribution >= 0.6 is 0 Å².